The summed E-state index contributed by atoms with van der Waals surface area (Å²) >= 11 is 0. The van der Waals surface area contributed by atoms with Gasteiger partial charge in [-0.1, -0.05) is 12.1 Å². The molecule has 0 radical (unpaired) electrons. The zero-order chi connectivity index (χ0) is 16.1. The van der Waals surface area contributed by atoms with Crippen LogP contribution in [-0.4, -0.2) is 30.6 Å². The van der Waals surface area contributed by atoms with Crippen LogP contribution in [0.25, 0.3) is 0 Å². The Bertz CT molecular complexity index is 746. The number of ether oxygens (including phenoxy) is 2. The molecule has 2 aromatic rings. The SMILES string of the molecule is O=C(CNc1ccc2c(c1)OCO2)N/N=C/c1cccc(O)c1. The minimum atomic E-state index is -0.293. The molecule has 7 heteroatoms. The van der Waals surface area contributed by atoms with Crippen LogP contribution in [0, 0.1) is 0 Å². The van der Waals surface area contributed by atoms with Crippen molar-refractivity contribution < 1.29 is 19.4 Å². The molecule has 0 fully saturated rings. The molecule has 7 nitrogen and oxygen atoms in total. The molecule has 118 valence electrons. The number of amides is 1. The summed E-state index contributed by atoms with van der Waals surface area (Å²) in [6, 6.07) is 11.9. The van der Waals surface area contributed by atoms with Gasteiger partial charge in [0.1, 0.15) is 5.75 Å². The lowest BCUT2D eigenvalue weighted by atomic mass is 10.2. The third-order valence-electron chi connectivity index (χ3n) is 3.10. The maximum Gasteiger partial charge on any atom is 0.259 e. The number of nitrogens with one attached hydrogen (secondary N) is 2. The van der Waals surface area contributed by atoms with E-state index in [0.717, 1.165) is 5.69 Å². The first kappa shape index (κ1) is 14.7. The third-order valence-corrected chi connectivity index (χ3v) is 3.10. The van der Waals surface area contributed by atoms with Crippen molar-refractivity contribution in [1.82, 2.24) is 5.43 Å². The van der Waals surface area contributed by atoms with Crippen molar-refractivity contribution in [1.29, 1.82) is 0 Å². The topological polar surface area (TPSA) is 92.2 Å². The van der Waals surface area contributed by atoms with E-state index in [0.29, 0.717) is 17.1 Å². The maximum absolute atomic E-state index is 11.7. The summed E-state index contributed by atoms with van der Waals surface area (Å²) in [5.41, 5.74) is 3.84. The molecular weight excluding hydrogens is 298 g/mol. The van der Waals surface area contributed by atoms with Crippen LogP contribution < -0.4 is 20.2 Å². The summed E-state index contributed by atoms with van der Waals surface area (Å²) in [6.07, 6.45) is 1.46. The van der Waals surface area contributed by atoms with Crippen LogP contribution in [-0.2, 0) is 4.79 Å². The second-order valence-electron chi connectivity index (χ2n) is 4.81. The monoisotopic (exact) mass is 313 g/mol. The maximum atomic E-state index is 11.7. The number of nitrogens with zero attached hydrogens (tertiary/aromatic N) is 1. The van der Waals surface area contributed by atoms with Gasteiger partial charge in [-0.15, -0.1) is 0 Å². The minimum absolute atomic E-state index is 0.0665. The van der Waals surface area contributed by atoms with Crippen molar-refractivity contribution in [3.63, 3.8) is 0 Å². The van der Waals surface area contributed by atoms with Gasteiger partial charge in [0.25, 0.3) is 5.91 Å². The Morgan fingerprint density at radius 2 is 2.09 bits per heavy atom. The second-order valence-corrected chi connectivity index (χ2v) is 4.81. The molecule has 0 saturated carbocycles. The van der Waals surface area contributed by atoms with E-state index in [-0.39, 0.29) is 25.0 Å². The number of phenols is 1. The quantitative estimate of drug-likeness (QED) is 0.577. The highest BCUT2D eigenvalue weighted by Crippen LogP contribution is 2.34. The smallest absolute Gasteiger partial charge is 0.259 e. The molecule has 0 atom stereocenters. The Morgan fingerprint density at radius 3 is 2.96 bits per heavy atom. The van der Waals surface area contributed by atoms with Gasteiger partial charge in [0.2, 0.25) is 6.79 Å². The van der Waals surface area contributed by atoms with Crippen molar-refractivity contribution in [2.75, 3.05) is 18.7 Å². The first-order valence-corrected chi connectivity index (χ1v) is 6.95. The Morgan fingerprint density at radius 1 is 1.22 bits per heavy atom. The Hall–Kier alpha value is -3.22. The van der Waals surface area contributed by atoms with Crippen molar-refractivity contribution >= 4 is 17.8 Å². The van der Waals surface area contributed by atoms with E-state index in [4.69, 9.17) is 9.47 Å². The first-order valence-electron chi connectivity index (χ1n) is 6.95. The van der Waals surface area contributed by atoms with E-state index in [1.807, 2.05) is 0 Å². The molecule has 0 spiro atoms. The van der Waals surface area contributed by atoms with E-state index in [1.165, 1.54) is 6.21 Å². The predicted molar refractivity (Wildman–Crippen MR) is 84.9 cm³/mol. The number of aromatic hydroxyl groups is 1. The Balaban J connectivity index is 1.48. The number of anilines is 1. The number of hydrogen-bond donors (Lipinski definition) is 3. The molecule has 1 aliphatic heterocycles. The number of carbonyl (C=O) groups is 1. The number of hydrazone groups is 1. The molecule has 0 unspecified atom stereocenters. The molecule has 0 saturated heterocycles. The molecular formula is C16H15N3O4. The molecule has 1 heterocycles. The molecule has 1 amide bonds. The standard InChI is InChI=1S/C16H15N3O4/c20-13-3-1-2-11(6-13)8-18-19-16(21)9-17-12-4-5-14-15(7-12)23-10-22-14/h1-8,17,20H,9-10H2,(H,19,21)/b18-8+. The number of rotatable bonds is 5. The van der Waals surface area contributed by atoms with Crippen LogP contribution in [0.4, 0.5) is 5.69 Å². The summed E-state index contributed by atoms with van der Waals surface area (Å²) in [7, 11) is 0. The highest BCUT2D eigenvalue weighted by atomic mass is 16.7. The fourth-order valence-electron chi connectivity index (χ4n) is 2.01. The lowest BCUT2D eigenvalue weighted by Crippen LogP contribution is -2.25. The zero-order valence-corrected chi connectivity index (χ0v) is 12.2. The van der Waals surface area contributed by atoms with Gasteiger partial charge in [-0.2, -0.15) is 5.10 Å². The summed E-state index contributed by atoms with van der Waals surface area (Å²) < 4.78 is 10.5. The van der Waals surface area contributed by atoms with Gasteiger partial charge >= 0.3 is 0 Å². The summed E-state index contributed by atoms with van der Waals surface area (Å²) in [5.74, 6) is 1.19. The van der Waals surface area contributed by atoms with Crippen LogP contribution in [0.5, 0.6) is 17.2 Å². The average molecular weight is 313 g/mol. The number of fused-ring (bicyclic) bond motifs is 1. The molecule has 0 bridgehead atoms. The van der Waals surface area contributed by atoms with Gasteiger partial charge in [-0.25, -0.2) is 5.43 Å². The van der Waals surface area contributed by atoms with Gasteiger partial charge in [0.05, 0.1) is 12.8 Å². The molecule has 23 heavy (non-hydrogen) atoms. The Labute approximate surface area is 132 Å². The lowest BCUT2D eigenvalue weighted by molar-refractivity contribution is -0.119. The molecule has 3 rings (SSSR count). The van der Waals surface area contributed by atoms with E-state index in [1.54, 1.807) is 42.5 Å². The highest BCUT2D eigenvalue weighted by Gasteiger charge is 2.13. The van der Waals surface area contributed by atoms with E-state index in [9.17, 15) is 9.90 Å². The largest absolute Gasteiger partial charge is 0.508 e. The minimum Gasteiger partial charge on any atom is -0.508 e. The van der Waals surface area contributed by atoms with Crippen LogP contribution in [0.15, 0.2) is 47.6 Å². The normalized spacial score (nSPS) is 12.3. The highest BCUT2D eigenvalue weighted by molar-refractivity contribution is 5.84. The van der Waals surface area contributed by atoms with Crippen LogP contribution in [0.3, 0.4) is 0 Å². The lowest BCUT2D eigenvalue weighted by Gasteiger charge is -2.06. The van der Waals surface area contributed by atoms with Gasteiger partial charge in [-0.05, 0) is 29.8 Å². The number of benzene rings is 2. The van der Waals surface area contributed by atoms with Gasteiger partial charge in [-0.3, -0.25) is 4.79 Å². The summed E-state index contributed by atoms with van der Waals surface area (Å²) in [6.45, 7) is 0.278. The molecule has 1 aliphatic rings. The zero-order valence-electron chi connectivity index (χ0n) is 12.2. The van der Waals surface area contributed by atoms with E-state index >= 15 is 0 Å². The molecule has 0 aliphatic carbocycles. The Kier molecular flexibility index (Phi) is 4.28. The predicted octanol–water partition coefficient (Wildman–Crippen LogP) is 1.68. The average Bonchev–Trinajstić information content (AvgIpc) is 3.00. The molecule has 3 N–H and O–H groups in total. The summed E-state index contributed by atoms with van der Waals surface area (Å²) in [5, 5.41) is 16.1. The first-order chi connectivity index (χ1) is 11.2. The third kappa shape index (κ3) is 3.91. The van der Waals surface area contributed by atoms with Gasteiger partial charge in [0.15, 0.2) is 11.5 Å². The number of hydrogen-bond acceptors (Lipinski definition) is 6. The van der Waals surface area contributed by atoms with Crippen molar-refractivity contribution in [2.24, 2.45) is 5.10 Å². The fourth-order valence-corrected chi connectivity index (χ4v) is 2.01. The second kappa shape index (κ2) is 6.69. The van der Waals surface area contributed by atoms with Crippen molar-refractivity contribution in [3.8, 4) is 17.2 Å². The molecule has 0 aromatic heterocycles. The number of carbonyl (C=O) groups excluding carboxylic acids is 1. The van der Waals surface area contributed by atoms with Gasteiger partial charge < -0.3 is 19.9 Å². The van der Waals surface area contributed by atoms with Crippen LogP contribution in [0.2, 0.25) is 0 Å². The van der Waals surface area contributed by atoms with E-state index in [2.05, 4.69) is 15.8 Å². The summed E-state index contributed by atoms with van der Waals surface area (Å²) in [4.78, 5) is 11.7. The van der Waals surface area contributed by atoms with Gasteiger partial charge in [0, 0.05) is 11.8 Å². The fraction of sp³-hybridized carbons (Fsp3) is 0.125. The molecule has 2 aromatic carbocycles. The van der Waals surface area contributed by atoms with Crippen LogP contribution in [0.1, 0.15) is 5.56 Å². The van der Waals surface area contributed by atoms with E-state index < -0.39 is 0 Å². The van der Waals surface area contributed by atoms with Crippen molar-refractivity contribution in [3.05, 3.63) is 48.0 Å². The van der Waals surface area contributed by atoms with Crippen LogP contribution >= 0.6 is 0 Å². The number of phenolic OH excluding ortho intramolecular Hbond substituents is 1. The van der Waals surface area contributed by atoms with Crippen molar-refractivity contribution in [2.45, 2.75) is 0 Å².